The quantitative estimate of drug-likeness (QED) is 0.744. The Kier molecular flexibility index (Phi) is 4.99. The van der Waals surface area contributed by atoms with Crippen molar-refractivity contribution in [2.45, 2.75) is 26.4 Å². The van der Waals surface area contributed by atoms with Gasteiger partial charge < -0.3 is 9.47 Å². The van der Waals surface area contributed by atoms with Crippen molar-refractivity contribution in [2.75, 3.05) is 6.54 Å². The fourth-order valence-corrected chi connectivity index (χ4v) is 2.38. The lowest BCUT2D eigenvalue weighted by Gasteiger charge is -2.26. The zero-order valence-electron chi connectivity index (χ0n) is 12.7. The predicted octanol–water partition coefficient (Wildman–Crippen LogP) is 3.57. The average molecular weight is 282 g/mol. The van der Waals surface area contributed by atoms with Crippen molar-refractivity contribution in [3.63, 3.8) is 0 Å². The van der Waals surface area contributed by atoms with Crippen LogP contribution in [0.1, 0.15) is 24.1 Å². The van der Waals surface area contributed by atoms with Crippen molar-refractivity contribution >= 4 is 5.91 Å². The second-order valence-electron chi connectivity index (χ2n) is 5.24. The first kappa shape index (κ1) is 15.1. The number of hydrogen-bond acceptors (Lipinski definition) is 1. The average Bonchev–Trinajstić information content (AvgIpc) is 3.01. The fourth-order valence-electron chi connectivity index (χ4n) is 2.38. The number of carbonyl (C=O) groups is 1. The highest BCUT2D eigenvalue weighted by molar-refractivity contribution is 5.80. The van der Waals surface area contributed by atoms with E-state index in [1.54, 1.807) is 6.08 Å². The van der Waals surface area contributed by atoms with Crippen LogP contribution >= 0.6 is 0 Å². The van der Waals surface area contributed by atoms with Crippen LogP contribution in [0.15, 0.2) is 61.4 Å². The standard InChI is InChI=1S/C18H22N2O/c1-4-11-20(14-17-10-6-5-9-15(17)2)18(21)16(3)19-12-7-8-13-19/h4-10,12-13,16H,1,11,14H2,2-3H3. The molecular weight excluding hydrogens is 260 g/mol. The van der Waals surface area contributed by atoms with Gasteiger partial charge in [-0.2, -0.15) is 0 Å². The molecule has 0 spiro atoms. The monoisotopic (exact) mass is 282 g/mol. The topological polar surface area (TPSA) is 25.2 Å². The molecule has 1 aromatic carbocycles. The molecule has 2 rings (SSSR count). The lowest BCUT2D eigenvalue weighted by molar-refractivity contribution is -0.134. The van der Waals surface area contributed by atoms with Crippen molar-refractivity contribution in [1.82, 2.24) is 9.47 Å². The Morgan fingerprint density at radius 1 is 1.29 bits per heavy atom. The van der Waals surface area contributed by atoms with Gasteiger partial charge in [-0.3, -0.25) is 4.79 Å². The molecule has 1 aromatic heterocycles. The molecule has 0 bridgehead atoms. The van der Waals surface area contributed by atoms with Gasteiger partial charge in [0.15, 0.2) is 0 Å². The normalized spacial score (nSPS) is 11.9. The van der Waals surface area contributed by atoms with Crippen molar-refractivity contribution < 1.29 is 4.79 Å². The summed E-state index contributed by atoms with van der Waals surface area (Å²) in [5.74, 6) is 0.106. The third kappa shape index (κ3) is 3.63. The highest BCUT2D eigenvalue weighted by Crippen LogP contribution is 2.15. The van der Waals surface area contributed by atoms with Crippen LogP contribution in [0.3, 0.4) is 0 Å². The van der Waals surface area contributed by atoms with Crippen molar-refractivity contribution in [2.24, 2.45) is 0 Å². The van der Waals surface area contributed by atoms with Crippen LogP contribution in [0.5, 0.6) is 0 Å². The van der Waals surface area contributed by atoms with Crippen molar-refractivity contribution in [1.29, 1.82) is 0 Å². The Bertz CT molecular complexity index is 601. The lowest BCUT2D eigenvalue weighted by atomic mass is 10.1. The summed E-state index contributed by atoms with van der Waals surface area (Å²) < 4.78 is 1.93. The molecule has 0 aliphatic rings. The van der Waals surface area contributed by atoms with Crippen LogP contribution in [-0.4, -0.2) is 21.9 Å². The van der Waals surface area contributed by atoms with Crippen molar-refractivity contribution in [3.05, 3.63) is 72.6 Å². The summed E-state index contributed by atoms with van der Waals surface area (Å²) in [6, 6.07) is 11.8. The number of benzene rings is 1. The predicted molar refractivity (Wildman–Crippen MR) is 85.9 cm³/mol. The minimum atomic E-state index is -0.205. The SMILES string of the molecule is C=CCN(Cc1ccccc1C)C(=O)C(C)n1cccc1. The van der Waals surface area contributed by atoms with Crippen LogP contribution < -0.4 is 0 Å². The largest absolute Gasteiger partial charge is 0.342 e. The van der Waals surface area contributed by atoms with Gasteiger partial charge >= 0.3 is 0 Å². The Morgan fingerprint density at radius 3 is 2.57 bits per heavy atom. The number of aromatic nitrogens is 1. The van der Waals surface area contributed by atoms with Gasteiger partial charge in [-0.1, -0.05) is 30.3 Å². The Morgan fingerprint density at radius 2 is 1.95 bits per heavy atom. The summed E-state index contributed by atoms with van der Waals surface area (Å²) in [5, 5.41) is 0. The van der Waals surface area contributed by atoms with E-state index in [1.165, 1.54) is 11.1 Å². The summed E-state index contributed by atoms with van der Waals surface area (Å²) >= 11 is 0. The summed E-state index contributed by atoms with van der Waals surface area (Å²) in [6.45, 7) is 8.93. The number of aryl methyl sites for hydroxylation is 1. The Labute approximate surface area is 126 Å². The van der Waals surface area contributed by atoms with Crippen LogP contribution in [-0.2, 0) is 11.3 Å². The van der Waals surface area contributed by atoms with E-state index in [9.17, 15) is 4.79 Å². The Hall–Kier alpha value is -2.29. The maximum Gasteiger partial charge on any atom is 0.245 e. The van der Waals surface area contributed by atoms with Crippen LogP contribution in [0.25, 0.3) is 0 Å². The van der Waals surface area contributed by atoms with Crippen LogP contribution in [0.4, 0.5) is 0 Å². The number of nitrogens with zero attached hydrogens (tertiary/aromatic N) is 2. The van der Waals surface area contributed by atoms with E-state index >= 15 is 0 Å². The maximum absolute atomic E-state index is 12.7. The highest BCUT2D eigenvalue weighted by Gasteiger charge is 2.21. The third-order valence-electron chi connectivity index (χ3n) is 3.72. The van der Waals surface area contributed by atoms with Gasteiger partial charge in [0.05, 0.1) is 0 Å². The first-order valence-electron chi connectivity index (χ1n) is 7.20. The lowest BCUT2D eigenvalue weighted by Crippen LogP contribution is -2.35. The van der Waals surface area contributed by atoms with Gasteiger partial charge in [-0.05, 0) is 37.1 Å². The van der Waals surface area contributed by atoms with E-state index in [0.717, 1.165) is 0 Å². The fraction of sp³-hybridized carbons (Fsp3) is 0.278. The molecule has 0 N–H and O–H groups in total. The molecule has 0 saturated heterocycles. The first-order chi connectivity index (χ1) is 10.1. The molecule has 2 aromatic rings. The van der Waals surface area contributed by atoms with Gasteiger partial charge in [-0.15, -0.1) is 6.58 Å². The van der Waals surface area contributed by atoms with Gasteiger partial charge in [-0.25, -0.2) is 0 Å². The number of rotatable bonds is 6. The van der Waals surface area contributed by atoms with E-state index in [1.807, 2.05) is 53.0 Å². The second-order valence-corrected chi connectivity index (χ2v) is 5.24. The van der Waals surface area contributed by atoms with Crippen molar-refractivity contribution in [3.8, 4) is 0 Å². The van der Waals surface area contributed by atoms with E-state index in [2.05, 4.69) is 25.6 Å². The minimum absolute atomic E-state index is 0.106. The van der Waals surface area contributed by atoms with Crippen LogP contribution in [0, 0.1) is 6.92 Å². The molecule has 21 heavy (non-hydrogen) atoms. The molecule has 0 aliphatic carbocycles. The minimum Gasteiger partial charge on any atom is -0.342 e. The molecule has 0 fully saturated rings. The van der Waals surface area contributed by atoms with Crippen LogP contribution in [0.2, 0.25) is 0 Å². The van der Waals surface area contributed by atoms with E-state index in [0.29, 0.717) is 13.1 Å². The summed E-state index contributed by atoms with van der Waals surface area (Å²) in [6.07, 6.45) is 5.61. The van der Waals surface area contributed by atoms with Gasteiger partial charge in [0.2, 0.25) is 5.91 Å². The van der Waals surface area contributed by atoms with Gasteiger partial charge in [0.25, 0.3) is 0 Å². The smallest absolute Gasteiger partial charge is 0.245 e. The maximum atomic E-state index is 12.7. The zero-order chi connectivity index (χ0) is 15.2. The highest BCUT2D eigenvalue weighted by atomic mass is 16.2. The van der Waals surface area contributed by atoms with E-state index in [4.69, 9.17) is 0 Å². The molecule has 3 nitrogen and oxygen atoms in total. The number of hydrogen-bond donors (Lipinski definition) is 0. The molecule has 0 radical (unpaired) electrons. The molecule has 1 atom stereocenters. The molecule has 1 heterocycles. The molecule has 0 aliphatic heterocycles. The molecule has 0 saturated carbocycles. The summed E-state index contributed by atoms with van der Waals surface area (Å²) in [5.41, 5.74) is 2.38. The van der Waals surface area contributed by atoms with Gasteiger partial charge in [0.1, 0.15) is 6.04 Å². The van der Waals surface area contributed by atoms with E-state index in [-0.39, 0.29) is 11.9 Å². The molecular formula is C18H22N2O. The zero-order valence-corrected chi connectivity index (χ0v) is 12.7. The summed E-state index contributed by atoms with van der Waals surface area (Å²) in [4.78, 5) is 14.6. The molecule has 1 unspecified atom stereocenters. The number of carbonyl (C=O) groups excluding carboxylic acids is 1. The first-order valence-corrected chi connectivity index (χ1v) is 7.20. The third-order valence-corrected chi connectivity index (χ3v) is 3.72. The number of amides is 1. The van der Waals surface area contributed by atoms with Gasteiger partial charge in [0, 0.05) is 25.5 Å². The molecule has 3 heteroatoms. The second kappa shape index (κ2) is 6.93. The molecule has 1 amide bonds. The summed E-state index contributed by atoms with van der Waals surface area (Å²) in [7, 11) is 0. The Balaban J connectivity index is 2.17. The molecule has 110 valence electrons. The van der Waals surface area contributed by atoms with E-state index < -0.39 is 0 Å².